The van der Waals surface area contributed by atoms with Gasteiger partial charge in [0.05, 0.1) is 13.7 Å². The molecule has 0 bridgehead atoms. The van der Waals surface area contributed by atoms with Crippen LogP contribution in [0.4, 0.5) is 0 Å². The number of ether oxygens (including phenoxy) is 2. The van der Waals surface area contributed by atoms with E-state index in [9.17, 15) is 0 Å². The van der Waals surface area contributed by atoms with Gasteiger partial charge in [-0.2, -0.15) is 0 Å². The molecule has 1 unspecified atom stereocenters. The van der Waals surface area contributed by atoms with Gasteiger partial charge in [0, 0.05) is 23.9 Å². The maximum Gasteiger partial charge on any atom is 0.126 e. The van der Waals surface area contributed by atoms with Gasteiger partial charge in [-0.1, -0.05) is 19.1 Å². The number of methoxy groups -OCH3 is 1. The van der Waals surface area contributed by atoms with E-state index >= 15 is 0 Å². The lowest BCUT2D eigenvalue weighted by atomic mass is 9.77. The van der Waals surface area contributed by atoms with Gasteiger partial charge in [0.2, 0.25) is 0 Å². The first-order valence-electron chi connectivity index (χ1n) is 6.41. The number of rotatable bonds is 2. The third kappa shape index (κ3) is 2.16. The zero-order valence-electron chi connectivity index (χ0n) is 11.2. The minimum absolute atomic E-state index is 0.0180. The first-order chi connectivity index (χ1) is 9.21. The Morgan fingerprint density at radius 3 is 2.95 bits per heavy atom. The van der Waals surface area contributed by atoms with Crippen molar-refractivity contribution in [1.29, 1.82) is 0 Å². The number of hydrogen-bond acceptors (Lipinski definition) is 3. The van der Waals surface area contributed by atoms with Gasteiger partial charge in [-0.15, -0.1) is 0 Å². The highest BCUT2D eigenvalue weighted by atomic mass is 16.5. The first kappa shape index (κ1) is 12.0. The molecule has 1 atom stereocenters. The summed E-state index contributed by atoms with van der Waals surface area (Å²) in [6, 6.07) is 10.1. The van der Waals surface area contributed by atoms with Crippen molar-refractivity contribution < 1.29 is 9.47 Å². The summed E-state index contributed by atoms with van der Waals surface area (Å²) in [5.74, 6) is 1.77. The van der Waals surface area contributed by atoms with Crippen LogP contribution in [0.5, 0.6) is 11.5 Å². The van der Waals surface area contributed by atoms with Crippen molar-refractivity contribution in [3.8, 4) is 11.5 Å². The van der Waals surface area contributed by atoms with Crippen molar-refractivity contribution in [2.45, 2.75) is 18.8 Å². The number of fused-ring (bicyclic) bond motifs is 1. The van der Waals surface area contributed by atoms with Crippen LogP contribution in [0.3, 0.4) is 0 Å². The van der Waals surface area contributed by atoms with E-state index in [1.54, 1.807) is 13.3 Å². The maximum absolute atomic E-state index is 5.93. The Bertz CT molecular complexity index is 583. The van der Waals surface area contributed by atoms with Crippen LogP contribution in [0.15, 0.2) is 42.7 Å². The molecule has 0 amide bonds. The normalized spacial score (nSPS) is 21.4. The van der Waals surface area contributed by atoms with Gasteiger partial charge < -0.3 is 9.47 Å². The molecule has 1 aliphatic heterocycles. The van der Waals surface area contributed by atoms with Crippen molar-refractivity contribution in [1.82, 2.24) is 4.98 Å². The first-order valence-corrected chi connectivity index (χ1v) is 6.41. The monoisotopic (exact) mass is 255 g/mol. The fourth-order valence-electron chi connectivity index (χ4n) is 2.56. The van der Waals surface area contributed by atoms with Crippen molar-refractivity contribution in [2.24, 2.45) is 0 Å². The minimum atomic E-state index is -0.0180. The highest BCUT2D eigenvalue weighted by Crippen LogP contribution is 2.38. The van der Waals surface area contributed by atoms with Crippen LogP contribution in [0.1, 0.15) is 18.1 Å². The Hall–Kier alpha value is -2.03. The predicted molar refractivity (Wildman–Crippen MR) is 73.8 cm³/mol. The maximum atomic E-state index is 5.93. The molecule has 0 aliphatic carbocycles. The van der Waals surface area contributed by atoms with E-state index in [2.05, 4.69) is 24.0 Å². The standard InChI is InChI=1S/C16H17NO2/c1-16(13-4-3-7-17-10-13)9-12-5-6-14(18-2)8-15(12)19-11-16/h3-8,10H,9,11H2,1-2H3. The molecule has 0 saturated carbocycles. The molecule has 0 N–H and O–H groups in total. The SMILES string of the molecule is COc1ccc2c(c1)OCC(C)(c1cccnc1)C2. The third-order valence-electron chi connectivity index (χ3n) is 3.76. The van der Waals surface area contributed by atoms with Crippen LogP contribution < -0.4 is 9.47 Å². The summed E-state index contributed by atoms with van der Waals surface area (Å²) in [6.45, 7) is 2.88. The fourth-order valence-corrected chi connectivity index (χ4v) is 2.56. The lowest BCUT2D eigenvalue weighted by molar-refractivity contribution is 0.199. The highest BCUT2D eigenvalue weighted by molar-refractivity contribution is 5.44. The predicted octanol–water partition coefficient (Wildman–Crippen LogP) is 2.98. The fraction of sp³-hybridized carbons (Fsp3) is 0.312. The molecule has 3 rings (SSSR count). The Kier molecular flexibility index (Phi) is 2.90. The second kappa shape index (κ2) is 4.57. The summed E-state index contributed by atoms with van der Waals surface area (Å²) in [4.78, 5) is 4.21. The molecule has 0 spiro atoms. The second-order valence-electron chi connectivity index (χ2n) is 5.24. The molecule has 19 heavy (non-hydrogen) atoms. The van der Waals surface area contributed by atoms with Gasteiger partial charge in [0.15, 0.2) is 0 Å². The smallest absolute Gasteiger partial charge is 0.126 e. The number of nitrogens with zero attached hydrogens (tertiary/aromatic N) is 1. The van der Waals surface area contributed by atoms with Crippen molar-refractivity contribution in [3.05, 3.63) is 53.9 Å². The van der Waals surface area contributed by atoms with E-state index in [1.807, 2.05) is 24.4 Å². The highest BCUT2D eigenvalue weighted by Gasteiger charge is 2.33. The van der Waals surface area contributed by atoms with E-state index in [0.717, 1.165) is 17.9 Å². The van der Waals surface area contributed by atoms with Crippen molar-refractivity contribution >= 4 is 0 Å². The quantitative estimate of drug-likeness (QED) is 0.826. The van der Waals surface area contributed by atoms with Crippen LogP contribution in [-0.2, 0) is 11.8 Å². The molecule has 1 aromatic carbocycles. The van der Waals surface area contributed by atoms with Crippen LogP contribution >= 0.6 is 0 Å². The van der Waals surface area contributed by atoms with E-state index < -0.39 is 0 Å². The summed E-state index contributed by atoms with van der Waals surface area (Å²) in [6.07, 6.45) is 4.69. The summed E-state index contributed by atoms with van der Waals surface area (Å²) in [7, 11) is 1.67. The average molecular weight is 255 g/mol. The number of hydrogen-bond donors (Lipinski definition) is 0. The van der Waals surface area contributed by atoms with Gasteiger partial charge in [-0.3, -0.25) is 4.98 Å². The lowest BCUT2D eigenvalue weighted by Crippen LogP contribution is -2.36. The van der Waals surface area contributed by atoms with Crippen molar-refractivity contribution in [3.63, 3.8) is 0 Å². The van der Waals surface area contributed by atoms with E-state index in [4.69, 9.17) is 9.47 Å². The van der Waals surface area contributed by atoms with E-state index in [-0.39, 0.29) is 5.41 Å². The van der Waals surface area contributed by atoms with E-state index in [1.165, 1.54) is 11.1 Å². The molecule has 1 aliphatic rings. The molecular formula is C16H17NO2. The molecular weight excluding hydrogens is 238 g/mol. The average Bonchev–Trinajstić information content (AvgIpc) is 2.47. The molecule has 3 nitrogen and oxygen atoms in total. The van der Waals surface area contributed by atoms with Gasteiger partial charge in [0.1, 0.15) is 11.5 Å². The summed E-state index contributed by atoms with van der Waals surface area (Å²) in [5, 5.41) is 0. The minimum Gasteiger partial charge on any atom is -0.497 e. The van der Waals surface area contributed by atoms with Crippen molar-refractivity contribution in [2.75, 3.05) is 13.7 Å². The Balaban J connectivity index is 1.94. The Morgan fingerprint density at radius 1 is 1.32 bits per heavy atom. The number of aromatic nitrogens is 1. The van der Waals surface area contributed by atoms with Gasteiger partial charge in [-0.25, -0.2) is 0 Å². The molecule has 0 radical (unpaired) electrons. The molecule has 0 fully saturated rings. The summed E-state index contributed by atoms with van der Waals surface area (Å²) in [5.41, 5.74) is 2.42. The third-order valence-corrected chi connectivity index (χ3v) is 3.76. The summed E-state index contributed by atoms with van der Waals surface area (Å²) < 4.78 is 11.2. The second-order valence-corrected chi connectivity index (χ2v) is 5.24. The van der Waals surface area contributed by atoms with Crippen LogP contribution in [0, 0.1) is 0 Å². The topological polar surface area (TPSA) is 31.4 Å². The van der Waals surface area contributed by atoms with Crippen LogP contribution in [0.25, 0.3) is 0 Å². The summed E-state index contributed by atoms with van der Waals surface area (Å²) >= 11 is 0. The van der Waals surface area contributed by atoms with E-state index in [0.29, 0.717) is 6.61 Å². The molecule has 98 valence electrons. The Morgan fingerprint density at radius 2 is 2.21 bits per heavy atom. The Labute approximate surface area is 113 Å². The lowest BCUT2D eigenvalue weighted by Gasteiger charge is -2.35. The number of pyridine rings is 1. The van der Waals surface area contributed by atoms with Gasteiger partial charge >= 0.3 is 0 Å². The molecule has 2 aromatic rings. The molecule has 3 heteroatoms. The van der Waals surface area contributed by atoms with Gasteiger partial charge in [-0.05, 0) is 29.7 Å². The largest absolute Gasteiger partial charge is 0.497 e. The zero-order chi connectivity index (χ0) is 13.3. The molecule has 0 saturated heterocycles. The van der Waals surface area contributed by atoms with Crippen LogP contribution in [0.2, 0.25) is 0 Å². The van der Waals surface area contributed by atoms with Crippen LogP contribution in [-0.4, -0.2) is 18.7 Å². The van der Waals surface area contributed by atoms with Gasteiger partial charge in [0.25, 0.3) is 0 Å². The number of benzene rings is 1. The zero-order valence-corrected chi connectivity index (χ0v) is 11.2. The molecule has 1 aromatic heterocycles. The molecule has 2 heterocycles.